The molecule has 0 N–H and O–H groups in total. The second-order valence-corrected chi connectivity index (χ2v) is 6.21. The molecule has 0 spiro atoms. The number of carbonyl (C=O) groups excluding carboxylic acids is 1. The van der Waals surface area contributed by atoms with Crippen molar-refractivity contribution in [1.82, 2.24) is 9.78 Å². The van der Waals surface area contributed by atoms with Gasteiger partial charge in [-0.1, -0.05) is 47.0 Å². The Morgan fingerprint density at radius 1 is 1.30 bits per heavy atom. The quantitative estimate of drug-likeness (QED) is 0.788. The van der Waals surface area contributed by atoms with E-state index in [1.807, 2.05) is 29.1 Å². The Morgan fingerprint density at radius 3 is 2.75 bits per heavy atom. The van der Waals surface area contributed by atoms with Crippen molar-refractivity contribution in [3.8, 4) is 0 Å². The minimum atomic E-state index is 0.468. The lowest BCUT2D eigenvalue weighted by Gasteiger charge is -2.06. The summed E-state index contributed by atoms with van der Waals surface area (Å²) in [6, 6.07) is 8.11. The van der Waals surface area contributed by atoms with Crippen LogP contribution < -0.4 is 0 Å². The molecule has 0 saturated heterocycles. The number of hydrogen-bond acceptors (Lipinski definition) is 2. The lowest BCUT2D eigenvalue weighted by molar-refractivity contribution is 0.112. The first-order valence-corrected chi connectivity index (χ1v) is 7.83. The van der Waals surface area contributed by atoms with Crippen molar-refractivity contribution in [2.45, 2.75) is 38.1 Å². The Kier molecular flexibility index (Phi) is 4.01. The summed E-state index contributed by atoms with van der Waals surface area (Å²) < 4.78 is 2.96. The lowest BCUT2D eigenvalue weighted by Crippen LogP contribution is -2.03. The molecule has 1 aliphatic rings. The first-order chi connectivity index (χ1) is 9.78. The van der Waals surface area contributed by atoms with E-state index in [0.29, 0.717) is 12.5 Å². The summed E-state index contributed by atoms with van der Waals surface area (Å²) in [5.41, 5.74) is 2.92. The van der Waals surface area contributed by atoms with E-state index in [-0.39, 0.29) is 0 Å². The lowest BCUT2D eigenvalue weighted by atomic mass is 10.0. The Bertz CT molecular complexity index is 615. The van der Waals surface area contributed by atoms with E-state index < -0.39 is 0 Å². The molecule has 1 heterocycles. The van der Waals surface area contributed by atoms with Crippen LogP contribution in [-0.4, -0.2) is 16.1 Å². The monoisotopic (exact) mass is 332 g/mol. The van der Waals surface area contributed by atoms with Gasteiger partial charge in [-0.15, -0.1) is 0 Å². The van der Waals surface area contributed by atoms with Crippen molar-refractivity contribution in [3.63, 3.8) is 0 Å². The zero-order chi connectivity index (χ0) is 13.9. The van der Waals surface area contributed by atoms with Crippen LogP contribution in [0, 0.1) is 0 Å². The minimum absolute atomic E-state index is 0.468. The molecule has 1 saturated carbocycles. The molecule has 2 aromatic rings. The van der Waals surface area contributed by atoms with Gasteiger partial charge in [0.2, 0.25) is 0 Å². The van der Waals surface area contributed by atoms with Crippen LogP contribution in [0.4, 0.5) is 0 Å². The Morgan fingerprint density at radius 2 is 2.05 bits per heavy atom. The van der Waals surface area contributed by atoms with E-state index in [2.05, 4.69) is 27.1 Å². The fourth-order valence-corrected chi connectivity index (χ4v) is 3.35. The molecule has 0 unspecified atom stereocenters. The van der Waals surface area contributed by atoms with Gasteiger partial charge in [0.05, 0.1) is 17.8 Å². The van der Waals surface area contributed by atoms with Gasteiger partial charge in [0.15, 0.2) is 6.29 Å². The second kappa shape index (κ2) is 5.92. The standard InChI is InChI=1S/C16H17BrN2O/c17-15-8-4-3-7-13(15)9-19-10-14(11-20)16(18-19)12-5-1-2-6-12/h3-4,7-8,10-12H,1-2,5-6,9H2. The summed E-state index contributed by atoms with van der Waals surface area (Å²) in [5, 5.41) is 4.66. The number of benzene rings is 1. The minimum Gasteiger partial charge on any atom is -0.298 e. The van der Waals surface area contributed by atoms with Crippen LogP contribution in [-0.2, 0) is 6.54 Å². The molecule has 20 heavy (non-hydrogen) atoms. The van der Waals surface area contributed by atoms with Crippen LogP contribution in [0.15, 0.2) is 34.9 Å². The van der Waals surface area contributed by atoms with Gasteiger partial charge in [0.1, 0.15) is 0 Å². The highest BCUT2D eigenvalue weighted by Crippen LogP contribution is 2.34. The molecule has 1 aliphatic carbocycles. The topological polar surface area (TPSA) is 34.9 Å². The number of nitrogens with zero attached hydrogens (tertiary/aromatic N) is 2. The van der Waals surface area contributed by atoms with Crippen LogP contribution in [0.3, 0.4) is 0 Å². The SMILES string of the molecule is O=Cc1cn(Cc2ccccc2Br)nc1C1CCCC1. The number of carbonyl (C=O) groups is 1. The Hall–Kier alpha value is -1.42. The van der Waals surface area contributed by atoms with Gasteiger partial charge in [0, 0.05) is 16.6 Å². The molecule has 1 aromatic carbocycles. The van der Waals surface area contributed by atoms with E-state index in [0.717, 1.165) is 34.9 Å². The van der Waals surface area contributed by atoms with Gasteiger partial charge >= 0.3 is 0 Å². The zero-order valence-corrected chi connectivity index (χ0v) is 12.8. The molecule has 1 fully saturated rings. The highest BCUT2D eigenvalue weighted by Gasteiger charge is 2.23. The van der Waals surface area contributed by atoms with Crippen molar-refractivity contribution in [2.24, 2.45) is 0 Å². The molecule has 104 valence electrons. The smallest absolute Gasteiger partial charge is 0.153 e. The summed E-state index contributed by atoms with van der Waals surface area (Å²) in [6.07, 6.45) is 7.64. The molecule has 0 aliphatic heterocycles. The van der Waals surface area contributed by atoms with Gasteiger partial charge in [-0.2, -0.15) is 5.10 Å². The van der Waals surface area contributed by atoms with Crippen molar-refractivity contribution in [1.29, 1.82) is 0 Å². The van der Waals surface area contributed by atoms with E-state index in [4.69, 9.17) is 0 Å². The first-order valence-electron chi connectivity index (χ1n) is 7.04. The average molecular weight is 333 g/mol. The normalized spacial score (nSPS) is 15.7. The summed E-state index contributed by atoms with van der Waals surface area (Å²) >= 11 is 3.55. The molecule has 0 atom stereocenters. The van der Waals surface area contributed by atoms with Gasteiger partial charge < -0.3 is 0 Å². The Labute approximate surface area is 127 Å². The third-order valence-corrected chi connectivity index (χ3v) is 4.75. The van der Waals surface area contributed by atoms with E-state index in [1.165, 1.54) is 18.4 Å². The predicted molar refractivity (Wildman–Crippen MR) is 82.1 cm³/mol. The van der Waals surface area contributed by atoms with E-state index in [9.17, 15) is 4.79 Å². The van der Waals surface area contributed by atoms with Crippen LogP contribution in [0.1, 0.15) is 53.2 Å². The average Bonchev–Trinajstić information content (AvgIpc) is 3.09. The Balaban J connectivity index is 1.87. The van der Waals surface area contributed by atoms with Gasteiger partial charge in [-0.3, -0.25) is 9.48 Å². The third-order valence-electron chi connectivity index (χ3n) is 3.98. The number of aldehydes is 1. The first kappa shape index (κ1) is 13.6. The maximum Gasteiger partial charge on any atom is 0.153 e. The van der Waals surface area contributed by atoms with Crippen molar-refractivity contribution in [3.05, 3.63) is 51.8 Å². The van der Waals surface area contributed by atoms with Crippen molar-refractivity contribution < 1.29 is 4.79 Å². The highest BCUT2D eigenvalue weighted by molar-refractivity contribution is 9.10. The molecular weight excluding hydrogens is 316 g/mol. The van der Waals surface area contributed by atoms with Gasteiger partial charge in [0.25, 0.3) is 0 Å². The molecule has 3 nitrogen and oxygen atoms in total. The third kappa shape index (κ3) is 2.70. The van der Waals surface area contributed by atoms with Crippen LogP contribution in [0.5, 0.6) is 0 Å². The van der Waals surface area contributed by atoms with Crippen LogP contribution in [0.25, 0.3) is 0 Å². The largest absolute Gasteiger partial charge is 0.298 e. The van der Waals surface area contributed by atoms with Crippen molar-refractivity contribution in [2.75, 3.05) is 0 Å². The molecular formula is C16H17BrN2O. The molecule has 0 radical (unpaired) electrons. The maximum absolute atomic E-state index is 11.3. The highest BCUT2D eigenvalue weighted by atomic mass is 79.9. The van der Waals surface area contributed by atoms with E-state index >= 15 is 0 Å². The number of rotatable bonds is 4. The number of aromatic nitrogens is 2. The summed E-state index contributed by atoms with van der Waals surface area (Å²) in [4.78, 5) is 11.3. The zero-order valence-electron chi connectivity index (χ0n) is 11.3. The fourth-order valence-electron chi connectivity index (χ4n) is 2.94. The summed E-state index contributed by atoms with van der Waals surface area (Å²) in [6.45, 7) is 0.689. The van der Waals surface area contributed by atoms with Crippen molar-refractivity contribution >= 4 is 22.2 Å². The van der Waals surface area contributed by atoms with Gasteiger partial charge in [-0.25, -0.2) is 0 Å². The van der Waals surface area contributed by atoms with Crippen LogP contribution in [0.2, 0.25) is 0 Å². The second-order valence-electron chi connectivity index (χ2n) is 5.36. The molecule has 0 amide bonds. The number of hydrogen-bond donors (Lipinski definition) is 0. The number of halogens is 1. The van der Waals surface area contributed by atoms with E-state index in [1.54, 1.807) is 0 Å². The molecule has 3 rings (SSSR count). The maximum atomic E-state index is 11.3. The predicted octanol–water partition coefficient (Wildman–Crippen LogP) is 4.16. The molecule has 4 heteroatoms. The van der Waals surface area contributed by atoms with Gasteiger partial charge in [-0.05, 0) is 24.5 Å². The fraction of sp³-hybridized carbons (Fsp3) is 0.375. The summed E-state index contributed by atoms with van der Waals surface area (Å²) in [5.74, 6) is 0.468. The molecule has 1 aromatic heterocycles. The summed E-state index contributed by atoms with van der Waals surface area (Å²) in [7, 11) is 0. The molecule has 0 bridgehead atoms. The van der Waals surface area contributed by atoms with Crippen LogP contribution >= 0.6 is 15.9 Å².